The van der Waals surface area contributed by atoms with E-state index >= 15 is 0 Å². The standard InChI is InChI=1S/C30H34Cl2F2N2O/c31-25-9-14-30(29(32)22-25)37-21-20-36-18-16-35(17-19-36)15-3-1-2-4-28(23-5-10-26(33)11-6-23)24-7-12-27(34)13-8-24/h5-14,22,28H,1-4,15-21H2. The molecular formula is C30H34Cl2F2N2O. The van der Waals surface area contributed by atoms with Gasteiger partial charge in [0.05, 0.1) is 5.02 Å². The molecule has 3 aromatic carbocycles. The lowest BCUT2D eigenvalue weighted by Crippen LogP contribution is -2.47. The molecule has 0 amide bonds. The minimum atomic E-state index is -0.236. The Labute approximate surface area is 228 Å². The SMILES string of the molecule is Fc1ccc(C(CCCCCN2CCN(CCOc3ccc(Cl)cc3Cl)CC2)c2ccc(F)cc2)cc1. The molecule has 3 nitrogen and oxygen atoms in total. The van der Waals surface area contributed by atoms with Gasteiger partial charge in [-0.1, -0.05) is 60.3 Å². The van der Waals surface area contributed by atoms with Crippen LogP contribution in [-0.2, 0) is 0 Å². The number of nitrogens with zero attached hydrogens (tertiary/aromatic N) is 2. The van der Waals surface area contributed by atoms with Gasteiger partial charge in [0.1, 0.15) is 24.0 Å². The molecule has 0 N–H and O–H groups in total. The minimum absolute atomic E-state index is 0.148. The first-order valence-corrected chi connectivity index (χ1v) is 13.8. The van der Waals surface area contributed by atoms with Gasteiger partial charge in [0.15, 0.2) is 0 Å². The second-order valence-corrected chi connectivity index (χ2v) is 10.5. The van der Waals surface area contributed by atoms with E-state index in [4.69, 9.17) is 27.9 Å². The number of rotatable bonds is 12. The van der Waals surface area contributed by atoms with Crippen molar-refractivity contribution in [3.8, 4) is 5.75 Å². The van der Waals surface area contributed by atoms with Crippen molar-refractivity contribution >= 4 is 23.2 Å². The van der Waals surface area contributed by atoms with Crippen LogP contribution in [0.1, 0.15) is 42.7 Å². The van der Waals surface area contributed by atoms with Crippen molar-refractivity contribution in [1.82, 2.24) is 9.80 Å². The van der Waals surface area contributed by atoms with Gasteiger partial charge in [-0.2, -0.15) is 0 Å². The van der Waals surface area contributed by atoms with Gasteiger partial charge in [-0.25, -0.2) is 8.78 Å². The fraction of sp³-hybridized carbons (Fsp3) is 0.400. The van der Waals surface area contributed by atoms with E-state index in [-0.39, 0.29) is 17.6 Å². The molecule has 1 fully saturated rings. The van der Waals surface area contributed by atoms with E-state index in [1.54, 1.807) is 12.1 Å². The third-order valence-electron chi connectivity index (χ3n) is 7.04. The van der Waals surface area contributed by atoms with E-state index in [0.29, 0.717) is 22.4 Å². The smallest absolute Gasteiger partial charge is 0.138 e. The molecule has 0 aliphatic carbocycles. The van der Waals surface area contributed by atoms with Crippen molar-refractivity contribution in [1.29, 1.82) is 0 Å². The Morgan fingerprint density at radius 1 is 0.703 bits per heavy atom. The zero-order chi connectivity index (χ0) is 26.0. The molecule has 4 rings (SSSR count). The third-order valence-corrected chi connectivity index (χ3v) is 7.57. The summed E-state index contributed by atoms with van der Waals surface area (Å²) in [6.45, 7) is 6.78. The maximum atomic E-state index is 13.4. The molecule has 0 radical (unpaired) electrons. The molecule has 1 aliphatic rings. The van der Waals surface area contributed by atoms with Crippen LogP contribution in [0.25, 0.3) is 0 Å². The van der Waals surface area contributed by atoms with Crippen LogP contribution in [0.5, 0.6) is 5.75 Å². The van der Waals surface area contributed by atoms with E-state index in [1.807, 2.05) is 30.3 Å². The highest BCUT2D eigenvalue weighted by Gasteiger charge is 2.17. The summed E-state index contributed by atoms with van der Waals surface area (Å²) in [4.78, 5) is 4.96. The third kappa shape index (κ3) is 8.68. The average Bonchev–Trinajstić information content (AvgIpc) is 2.90. The average molecular weight is 548 g/mol. The Hall–Kier alpha value is -2.18. The number of hydrogen-bond acceptors (Lipinski definition) is 3. The number of benzene rings is 3. The highest BCUT2D eigenvalue weighted by molar-refractivity contribution is 6.35. The summed E-state index contributed by atoms with van der Waals surface area (Å²) >= 11 is 12.1. The number of hydrogen-bond donors (Lipinski definition) is 0. The number of unbranched alkanes of at least 4 members (excludes halogenated alkanes) is 2. The Kier molecular flexibility index (Phi) is 10.6. The van der Waals surface area contributed by atoms with Crippen LogP contribution in [0.2, 0.25) is 10.0 Å². The van der Waals surface area contributed by atoms with Crippen molar-refractivity contribution < 1.29 is 13.5 Å². The van der Waals surface area contributed by atoms with Crippen LogP contribution in [0, 0.1) is 11.6 Å². The molecule has 1 aliphatic heterocycles. The molecule has 198 valence electrons. The maximum absolute atomic E-state index is 13.4. The lowest BCUT2D eigenvalue weighted by atomic mass is 9.87. The molecule has 7 heteroatoms. The van der Waals surface area contributed by atoms with Gasteiger partial charge >= 0.3 is 0 Å². The molecule has 0 aromatic heterocycles. The Balaban J connectivity index is 1.14. The van der Waals surface area contributed by atoms with Gasteiger partial charge in [-0.15, -0.1) is 0 Å². The van der Waals surface area contributed by atoms with Gasteiger partial charge in [0, 0.05) is 43.7 Å². The Bertz CT molecular complexity index is 1060. The first-order chi connectivity index (χ1) is 18.0. The predicted molar refractivity (Wildman–Crippen MR) is 148 cm³/mol. The van der Waals surface area contributed by atoms with Crippen molar-refractivity contribution in [2.45, 2.75) is 31.6 Å². The van der Waals surface area contributed by atoms with Crippen LogP contribution in [0.15, 0.2) is 66.7 Å². The lowest BCUT2D eigenvalue weighted by molar-refractivity contribution is 0.115. The molecule has 1 saturated heterocycles. The van der Waals surface area contributed by atoms with E-state index in [2.05, 4.69) is 9.80 Å². The lowest BCUT2D eigenvalue weighted by Gasteiger charge is -2.34. The predicted octanol–water partition coefficient (Wildman–Crippen LogP) is 7.66. The van der Waals surface area contributed by atoms with Gasteiger partial charge < -0.3 is 9.64 Å². The van der Waals surface area contributed by atoms with Crippen molar-refractivity contribution in [3.63, 3.8) is 0 Å². The normalized spacial score (nSPS) is 14.8. The zero-order valence-corrected chi connectivity index (χ0v) is 22.5. The van der Waals surface area contributed by atoms with Gasteiger partial charge in [-0.3, -0.25) is 4.90 Å². The first kappa shape index (κ1) is 27.8. The van der Waals surface area contributed by atoms with Crippen LogP contribution >= 0.6 is 23.2 Å². The second kappa shape index (κ2) is 14.1. The molecule has 3 aromatic rings. The van der Waals surface area contributed by atoms with E-state index in [1.165, 1.54) is 24.3 Å². The maximum Gasteiger partial charge on any atom is 0.138 e. The highest BCUT2D eigenvalue weighted by Crippen LogP contribution is 2.31. The molecule has 0 atom stereocenters. The van der Waals surface area contributed by atoms with E-state index in [0.717, 1.165) is 76.1 Å². The van der Waals surface area contributed by atoms with E-state index in [9.17, 15) is 8.78 Å². The number of halogens is 4. The van der Waals surface area contributed by atoms with Gasteiger partial charge in [0.2, 0.25) is 0 Å². The summed E-state index contributed by atoms with van der Waals surface area (Å²) in [5, 5.41) is 1.15. The van der Waals surface area contributed by atoms with Crippen LogP contribution < -0.4 is 4.74 Å². The number of ether oxygens (including phenoxy) is 1. The summed E-state index contributed by atoms with van der Waals surface area (Å²) in [6, 6.07) is 18.7. The number of piperazine rings is 1. The summed E-state index contributed by atoms with van der Waals surface area (Å²) in [5.41, 5.74) is 2.15. The summed E-state index contributed by atoms with van der Waals surface area (Å²) < 4.78 is 32.7. The quantitative estimate of drug-likeness (QED) is 0.217. The van der Waals surface area contributed by atoms with Crippen molar-refractivity contribution in [3.05, 3.63) is 99.5 Å². The van der Waals surface area contributed by atoms with Crippen LogP contribution in [-0.4, -0.2) is 55.7 Å². The Morgan fingerprint density at radius 3 is 1.84 bits per heavy atom. The molecule has 0 bridgehead atoms. The molecule has 0 saturated carbocycles. The second-order valence-electron chi connectivity index (χ2n) is 9.61. The topological polar surface area (TPSA) is 15.7 Å². The summed E-state index contributed by atoms with van der Waals surface area (Å²) in [5.74, 6) is 0.348. The largest absolute Gasteiger partial charge is 0.491 e. The monoisotopic (exact) mass is 546 g/mol. The van der Waals surface area contributed by atoms with Crippen molar-refractivity contribution in [2.24, 2.45) is 0 Å². The zero-order valence-electron chi connectivity index (χ0n) is 21.0. The first-order valence-electron chi connectivity index (χ1n) is 13.0. The van der Waals surface area contributed by atoms with Gasteiger partial charge in [0.25, 0.3) is 0 Å². The molecule has 0 unspecified atom stereocenters. The summed E-state index contributed by atoms with van der Waals surface area (Å²) in [7, 11) is 0. The van der Waals surface area contributed by atoms with Crippen LogP contribution in [0.3, 0.4) is 0 Å². The molecule has 0 spiro atoms. The van der Waals surface area contributed by atoms with Crippen LogP contribution in [0.4, 0.5) is 8.78 Å². The Morgan fingerprint density at radius 2 is 1.27 bits per heavy atom. The van der Waals surface area contributed by atoms with E-state index < -0.39 is 0 Å². The molecule has 1 heterocycles. The van der Waals surface area contributed by atoms with Gasteiger partial charge in [-0.05, 0) is 73.0 Å². The summed E-state index contributed by atoms with van der Waals surface area (Å²) in [6.07, 6.45) is 4.32. The molecular weight excluding hydrogens is 513 g/mol. The minimum Gasteiger partial charge on any atom is -0.491 e. The highest BCUT2D eigenvalue weighted by atomic mass is 35.5. The van der Waals surface area contributed by atoms with Crippen molar-refractivity contribution in [2.75, 3.05) is 45.9 Å². The fourth-order valence-corrected chi connectivity index (χ4v) is 5.35. The molecule has 37 heavy (non-hydrogen) atoms. The fourth-order valence-electron chi connectivity index (χ4n) is 4.89.